The Labute approximate surface area is 93.8 Å². The summed E-state index contributed by atoms with van der Waals surface area (Å²) in [6.07, 6.45) is 5.63. The first-order valence-electron chi connectivity index (χ1n) is 5.03. The Morgan fingerprint density at radius 2 is 2.33 bits per heavy atom. The van der Waals surface area contributed by atoms with Crippen LogP contribution in [0, 0.1) is 0 Å². The van der Waals surface area contributed by atoms with Crippen LogP contribution in [0.25, 0.3) is 0 Å². The zero-order chi connectivity index (χ0) is 10.5. The van der Waals surface area contributed by atoms with E-state index in [0.717, 1.165) is 18.4 Å². The Hall–Kier alpha value is -1.19. The van der Waals surface area contributed by atoms with E-state index in [1.54, 1.807) is 17.5 Å². The number of aryl methyl sites for hydroxylation is 1. The fourth-order valence-electron chi connectivity index (χ4n) is 1.52. The van der Waals surface area contributed by atoms with Crippen molar-refractivity contribution < 1.29 is 0 Å². The van der Waals surface area contributed by atoms with Crippen LogP contribution in [0.1, 0.15) is 23.6 Å². The second-order valence-corrected chi connectivity index (χ2v) is 4.34. The molecule has 3 heteroatoms. The first-order valence-corrected chi connectivity index (χ1v) is 5.97. The predicted octanol–water partition coefficient (Wildman–Crippen LogP) is 2.78. The van der Waals surface area contributed by atoms with Crippen molar-refractivity contribution in [2.75, 3.05) is 0 Å². The molecule has 2 N–H and O–H groups in total. The quantitative estimate of drug-likeness (QED) is 0.857. The minimum atomic E-state index is 0.0959. The molecular formula is C12H14N2S. The van der Waals surface area contributed by atoms with Crippen LogP contribution in [0.15, 0.2) is 41.4 Å². The van der Waals surface area contributed by atoms with Crippen molar-refractivity contribution in [3.8, 4) is 0 Å². The second kappa shape index (κ2) is 5.05. The SMILES string of the molecule is NC(CCc1ccsc1)c1cccnc1. The molecule has 2 aromatic rings. The average molecular weight is 218 g/mol. The molecule has 15 heavy (non-hydrogen) atoms. The highest BCUT2D eigenvalue weighted by Gasteiger charge is 2.05. The van der Waals surface area contributed by atoms with E-state index in [2.05, 4.69) is 21.8 Å². The summed E-state index contributed by atoms with van der Waals surface area (Å²) < 4.78 is 0. The van der Waals surface area contributed by atoms with Gasteiger partial charge < -0.3 is 5.73 Å². The van der Waals surface area contributed by atoms with Gasteiger partial charge in [-0.3, -0.25) is 4.98 Å². The van der Waals surface area contributed by atoms with Crippen molar-refractivity contribution >= 4 is 11.3 Å². The third kappa shape index (κ3) is 2.88. The van der Waals surface area contributed by atoms with Gasteiger partial charge in [0.1, 0.15) is 0 Å². The van der Waals surface area contributed by atoms with E-state index < -0.39 is 0 Å². The van der Waals surface area contributed by atoms with Gasteiger partial charge >= 0.3 is 0 Å². The molecule has 78 valence electrons. The summed E-state index contributed by atoms with van der Waals surface area (Å²) in [6, 6.07) is 6.21. The lowest BCUT2D eigenvalue weighted by Crippen LogP contribution is -2.11. The first-order chi connectivity index (χ1) is 7.36. The van der Waals surface area contributed by atoms with Crippen LogP contribution in [0.3, 0.4) is 0 Å². The highest BCUT2D eigenvalue weighted by atomic mass is 32.1. The number of pyridine rings is 1. The fourth-order valence-corrected chi connectivity index (χ4v) is 2.22. The smallest absolute Gasteiger partial charge is 0.0315 e. The standard InChI is InChI=1S/C12H14N2S/c13-12(11-2-1-6-14-8-11)4-3-10-5-7-15-9-10/h1-2,5-9,12H,3-4,13H2. The number of thiophene rings is 1. The lowest BCUT2D eigenvalue weighted by Gasteiger charge is -2.10. The second-order valence-electron chi connectivity index (χ2n) is 3.56. The molecule has 0 aromatic carbocycles. The number of nitrogens with zero attached hydrogens (tertiary/aromatic N) is 1. The third-order valence-corrected chi connectivity index (χ3v) is 3.17. The van der Waals surface area contributed by atoms with Crippen molar-refractivity contribution in [3.05, 3.63) is 52.5 Å². The molecule has 2 nitrogen and oxygen atoms in total. The summed E-state index contributed by atoms with van der Waals surface area (Å²) in [4.78, 5) is 4.07. The third-order valence-electron chi connectivity index (χ3n) is 2.44. The minimum absolute atomic E-state index is 0.0959. The van der Waals surface area contributed by atoms with Crippen LogP contribution in [-0.2, 0) is 6.42 Å². The number of nitrogens with two attached hydrogens (primary N) is 1. The van der Waals surface area contributed by atoms with Gasteiger partial charge in [-0.15, -0.1) is 0 Å². The van der Waals surface area contributed by atoms with Gasteiger partial charge in [-0.25, -0.2) is 0 Å². The topological polar surface area (TPSA) is 38.9 Å². The van der Waals surface area contributed by atoms with Crippen molar-refractivity contribution in [3.63, 3.8) is 0 Å². The minimum Gasteiger partial charge on any atom is -0.324 e. The van der Waals surface area contributed by atoms with Gasteiger partial charge in [0, 0.05) is 18.4 Å². The Balaban J connectivity index is 1.90. The zero-order valence-corrected chi connectivity index (χ0v) is 9.28. The van der Waals surface area contributed by atoms with E-state index in [4.69, 9.17) is 5.73 Å². The van der Waals surface area contributed by atoms with E-state index >= 15 is 0 Å². The maximum Gasteiger partial charge on any atom is 0.0315 e. The van der Waals surface area contributed by atoms with Crippen LogP contribution in [0.4, 0.5) is 0 Å². The molecule has 0 amide bonds. The largest absolute Gasteiger partial charge is 0.324 e. The molecule has 1 unspecified atom stereocenters. The average Bonchev–Trinajstić information content (AvgIpc) is 2.80. The highest BCUT2D eigenvalue weighted by Crippen LogP contribution is 2.16. The molecule has 0 fully saturated rings. The molecule has 2 heterocycles. The Morgan fingerprint density at radius 3 is 3.00 bits per heavy atom. The van der Waals surface area contributed by atoms with E-state index in [9.17, 15) is 0 Å². The zero-order valence-electron chi connectivity index (χ0n) is 8.47. The van der Waals surface area contributed by atoms with Gasteiger partial charge in [0.25, 0.3) is 0 Å². The molecular weight excluding hydrogens is 204 g/mol. The van der Waals surface area contributed by atoms with E-state index in [-0.39, 0.29) is 6.04 Å². The van der Waals surface area contributed by atoms with Gasteiger partial charge in [0.05, 0.1) is 0 Å². The van der Waals surface area contributed by atoms with E-state index in [0.29, 0.717) is 0 Å². The van der Waals surface area contributed by atoms with Gasteiger partial charge in [0.2, 0.25) is 0 Å². The van der Waals surface area contributed by atoms with Crippen LogP contribution in [0.2, 0.25) is 0 Å². The van der Waals surface area contributed by atoms with Gasteiger partial charge in [-0.2, -0.15) is 11.3 Å². The molecule has 0 spiro atoms. The van der Waals surface area contributed by atoms with E-state index in [1.807, 2.05) is 18.3 Å². The van der Waals surface area contributed by atoms with Crippen LogP contribution in [-0.4, -0.2) is 4.98 Å². The summed E-state index contributed by atoms with van der Waals surface area (Å²) in [5, 5.41) is 4.28. The maximum atomic E-state index is 6.07. The maximum absolute atomic E-state index is 6.07. The van der Waals surface area contributed by atoms with Crippen LogP contribution < -0.4 is 5.73 Å². The molecule has 0 aliphatic rings. The number of aromatic nitrogens is 1. The van der Waals surface area contributed by atoms with Gasteiger partial charge in [-0.05, 0) is 46.9 Å². The number of rotatable bonds is 4. The monoisotopic (exact) mass is 218 g/mol. The molecule has 0 saturated carbocycles. The van der Waals surface area contributed by atoms with Crippen LogP contribution >= 0.6 is 11.3 Å². The highest BCUT2D eigenvalue weighted by molar-refractivity contribution is 7.07. The number of hydrogen-bond acceptors (Lipinski definition) is 3. The Kier molecular flexibility index (Phi) is 3.48. The Morgan fingerprint density at radius 1 is 1.40 bits per heavy atom. The molecule has 0 bridgehead atoms. The molecule has 0 aliphatic heterocycles. The number of hydrogen-bond donors (Lipinski definition) is 1. The normalized spacial score (nSPS) is 12.6. The lowest BCUT2D eigenvalue weighted by molar-refractivity contribution is 0.650. The van der Waals surface area contributed by atoms with E-state index in [1.165, 1.54) is 5.56 Å². The van der Waals surface area contributed by atoms with Crippen molar-refractivity contribution in [2.45, 2.75) is 18.9 Å². The van der Waals surface area contributed by atoms with Crippen molar-refractivity contribution in [1.82, 2.24) is 4.98 Å². The molecule has 2 rings (SSSR count). The van der Waals surface area contributed by atoms with Gasteiger partial charge in [-0.1, -0.05) is 6.07 Å². The van der Waals surface area contributed by atoms with Gasteiger partial charge in [0.15, 0.2) is 0 Å². The molecule has 1 atom stereocenters. The summed E-state index contributed by atoms with van der Waals surface area (Å²) >= 11 is 1.73. The first kappa shape index (κ1) is 10.3. The summed E-state index contributed by atoms with van der Waals surface area (Å²) in [5.74, 6) is 0. The molecule has 0 aliphatic carbocycles. The van der Waals surface area contributed by atoms with Crippen LogP contribution in [0.5, 0.6) is 0 Å². The Bertz CT molecular complexity index is 383. The summed E-state index contributed by atoms with van der Waals surface area (Å²) in [6.45, 7) is 0. The lowest BCUT2D eigenvalue weighted by atomic mass is 10.0. The molecule has 0 saturated heterocycles. The predicted molar refractivity (Wildman–Crippen MR) is 63.8 cm³/mol. The molecule has 2 aromatic heterocycles. The van der Waals surface area contributed by atoms with Crippen molar-refractivity contribution in [2.24, 2.45) is 5.73 Å². The summed E-state index contributed by atoms with van der Waals surface area (Å²) in [5.41, 5.74) is 8.57. The van der Waals surface area contributed by atoms with Crippen molar-refractivity contribution in [1.29, 1.82) is 0 Å². The molecule has 0 radical (unpaired) electrons. The fraction of sp³-hybridized carbons (Fsp3) is 0.250. The summed E-state index contributed by atoms with van der Waals surface area (Å²) in [7, 11) is 0.